The lowest BCUT2D eigenvalue weighted by atomic mass is 9.84. The number of sulfonamides is 1. The van der Waals surface area contributed by atoms with Crippen LogP contribution in [0.4, 0.5) is 4.39 Å². The molecular formula is C27H44Cl2FN5O6S. The molecule has 0 aliphatic carbocycles. The summed E-state index contributed by atoms with van der Waals surface area (Å²) in [4.78, 5) is 39.6. The topological polar surface area (TPSA) is 157 Å². The van der Waals surface area contributed by atoms with Gasteiger partial charge in [-0.1, -0.05) is 0 Å². The maximum atomic E-state index is 13.3. The van der Waals surface area contributed by atoms with Crippen LogP contribution in [0.5, 0.6) is 0 Å². The smallest absolute Gasteiger partial charge is 0.327 e. The zero-order valence-corrected chi connectivity index (χ0v) is 26.3. The summed E-state index contributed by atoms with van der Waals surface area (Å²) < 4.78 is 38.8. The predicted molar refractivity (Wildman–Crippen MR) is 161 cm³/mol. The summed E-state index contributed by atoms with van der Waals surface area (Å²) in [6.45, 7) is 4.45. The Morgan fingerprint density at radius 3 is 1.88 bits per heavy atom. The molecule has 2 heterocycles. The Morgan fingerprint density at radius 2 is 1.43 bits per heavy atom. The van der Waals surface area contributed by atoms with Gasteiger partial charge in [0.2, 0.25) is 5.91 Å². The number of carbonyl (C=O) groups is 3. The minimum atomic E-state index is -4.39. The van der Waals surface area contributed by atoms with Crippen molar-refractivity contribution < 1.29 is 32.3 Å². The van der Waals surface area contributed by atoms with Crippen LogP contribution in [0.25, 0.3) is 0 Å². The summed E-state index contributed by atoms with van der Waals surface area (Å²) in [6.07, 6.45) is 7.49. The maximum Gasteiger partial charge on any atom is 0.327 e. The predicted octanol–water partition coefficient (Wildman–Crippen LogP) is 2.46. The van der Waals surface area contributed by atoms with Gasteiger partial charge in [0.1, 0.15) is 11.9 Å². The van der Waals surface area contributed by atoms with E-state index < -0.39 is 40.3 Å². The summed E-state index contributed by atoms with van der Waals surface area (Å²) in [5.41, 5.74) is 0. The molecule has 0 spiro atoms. The number of hydrazine groups is 1. The van der Waals surface area contributed by atoms with E-state index >= 15 is 0 Å². The van der Waals surface area contributed by atoms with Gasteiger partial charge in [-0.25, -0.2) is 22.6 Å². The summed E-state index contributed by atoms with van der Waals surface area (Å²) >= 11 is 0. The van der Waals surface area contributed by atoms with Crippen LogP contribution in [-0.2, 0) is 24.4 Å². The van der Waals surface area contributed by atoms with Crippen LogP contribution in [0.2, 0.25) is 0 Å². The lowest BCUT2D eigenvalue weighted by molar-refractivity contribution is -0.150. The molecule has 2 fully saturated rings. The number of aliphatic carboxylic acids is 1. The highest BCUT2D eigenvalue weighted by Gasteiger charge is 2.31. The fourth-order valence-corrected chi connectivity index (χ4v) is 6.38. The first-order chi connectivity index (χ1) is 19.1. The number of carbonyl (C=O) groups excluding carboxylic acids is 2. The summed E-state index contributed by atoms with van der Waals surface area (Å²) in [7, 11) is -4.39. The lowest BCUT2D eigenvalue weighted by Gasteiger charge is -2.28. The molecule has 42 heavy (non-hydrogen) atoms. The molecule has 0 saturated carbocycles. The van der Waals surface area contributed by atoms with Crippen LogP contribution in [0, 0.1) is 23.6 Å². The van der Waals surface area contributed by atoms with Gasteiger partial charge in [-0.3, -0.25) is 9.59 Å². The molecule has 2 amide bonds. The molecule has 3 rings (SSSR count). The van der Waals surface area contributed by atoms with Crippen molar-refractivity contribution in [1.82, 2.24) is 25.8 Å². The molecule has 0 aromatic heterocycles. The summed E-state index contributed by atoms with van der Waals surface area (Å²) in [5.74, 6) is -2.51. The van der Waals surface area contributed by atoms with Crippen LogP contribution in [-0.4, -0.2) is 75.1 Å². The van der Waals surface area contributed by atoms with E-state index in [9.17, 15) is 32.3 Å². The summed E-state index contributed by atoms with van der Waals surface area (Å²) in [5, 5.41) is 19.3. The van der Waals surface area contributed by atoms with Gasteiger partial charge in [-0.15, -0.1) is 29.6 Å². The number of nitrogens with one attached hydrogen (secondary N) is 4. The zero-order valence-electron chi connectivity index (χ0n) is 23.8. The van der Waals surface area contributed by atoms with Crippen LogP contribution < -0.4 is 20.8 Å². The van der Waals surface area contributed by atoms with Crippen molar-refractivity contribution in [2.45, 2.75) is 69.2 Å². The first-order valence-corrected chi connectivity index (χ1v) is 15.6. The van der Waals surface area contributed by atoms with E-state index in [1.165, 1.54) is 0 Å². The van der Waals surface area contributed by atoms with Gasteiger partial charge in [-0.2, -0.15) is 0 Å². The van der Waals surface area contributed by atoms with Gasteiger partial charge in [-0.05, 0) is 121 Å². The second-order valence-electron chi connectivity index (χ2n) is 10.8. The lowest BCUT2D eigenvalue weighted by Crippen LogP contribution is -2.56. The number of carboxylic acids is 1. The van der Waals surface area contributed by atoms with E-state index in [4.69, 9.17) is 0 Å². The van der Waals surface area contributed by atoms with Crippen molar-refractivity contribution in [3.8, 4) is 0 Å². The Balaban J connectivity index is 0.00000441. The van der Waals surface area contributed by atoms with E-state index in [-0.39, 0.29) is 41.5 Å². The first-order valence-electron chi connectivity index (χ1n) is 14.1. The number of benzene rings is 1. The van der Waals surface area contributed by atoms with Gasteiger partial charge >= 0.3 is 5.97 Å². The number of halogens is 3. The first kappa shape index (κ1) is 38.0. The van der Waals surface area contributed by atoms with Crippen LogP contribution >= 0.6 is 24.8 Å². The third kappa shape index (κ3) is 11.9. The van der Waals surface area contributed by atoms with Crippen LogP contribution in [0.15, 0.2) is 29.2 Å². The molecule has 0 bridgehead atoms. The summed E-state index contributed by atoms with van der Waals surface area (Å²) in [6, 6.07) is 2.33. The molecule has 1 unspecified atom stereocenters. The highest BCUT2D eigenvalue weighted by atomic mass is 35.5. The number of hydrogen-bond donors (Lipinski definition) is 5. The maximum absolute atomic E-state index is 13.3. The third-order valence-electron chi connectivity index (χ3n) is 7.90. The number of rotatable bonds is 14. The molecule has 1 aromatic carbocycles. The normalized spacial score (nSPS) is 17.0. The molecule has 1 aromatic rings. The van der Waals surface area contributed by atoms with Gasteiger partial charge in [0.25, 0.3) is 15.9 Å². The number of piperidine rings is 2. The van der Waals surface area contributed by atoms with Crippen molar-refractivity contribution in [3.63, 3.8) is 0 Å². The standard InChI is InChI=1S/C27H42FN5O6S.2ClH/c1-19(27(36)37)33(32-40(38,39)24-8-6-23(28)7-9-24)25(34)18-31-26(35)22(4-2-20-10-14-29-15-11-20)5-3-21-12-16-30-17-13-21;;/h6-9,19-22,29-30,32H,2-5,10-18H2,1H3,(H,31,35)(H,36,37);2*1H. The zero-order chi connectivity index (χ0) is 29.1. The minimum Gasteiger partial charge on any atom is -0.480 e. The quantitative estimate of drug-likeness (QED) is 0.191. The molecule has 2 aliphatic heterocycles. The number of nitrogens with zero attached hydrogens (tertiary/aromatic N) is 1. The van der Waals surface area contributed by atoms with Gasteiger partial charge < -0.3 is 21.1 Å². The fourth-order valence-electron chi connectivity index (χ4n) is 5.27. The van der Waals surface area contributed by atoms with Crippen molar-refractivity contribution >= 4 is 52.6 Å². The Morgan fingerprint density at radius 1 is 0.952 bits per heavy atom. The van der Waals surface area contributed by atoms with Crippen LogP contribution in [0.1, 0.15) is 58.3 Å². The van der Waals surface area contributed by atoms with E-state index in [1.54, 1.807) is 0 Å². The van der Waals surface area contributed by atoms with E-state index in [0.29, 0.717) is 29.7 Å². The van der Waals surface area contributed by atoms with Crippen molar-refractivity contribution in [1.29, 1.82) is 0 Å². The monoisotopic (exact) mass is 655 g/mol. The molecule has 1 atom stereocenters. The molecule has 11 nitrogen and oxygen atoms in total. The van der Waals surface area contributed by atoms with Crippen molar-refractivity contribution in [2.24, 2.45) is 17.8 Å². The number of amides is 2. The molecule has 240 valence electrons. The van der Waals surface area contributed by atoms with Gasteiger partial charge in [0, 0.05) is 5.92 Å². The fraction of sp³-hybridized carbons (Fsp3) is 0.667. The molecule has 5 N–H and O–H groups in total. The Labute approximate surface area is 260 Å². The van der Waals surface area contributed by atoms with E-state index in [0.717, 1.165) is 95.9 Å². The molecule has 2 aliphatic rings. The minimum absolute atomic E-state index is 0. The van der Waals surface area contributed by atoms with E-state index in [2.05, 4.69) is 16.0 Å². The average molecular weight is 657 g/mol. The Hall–Kier alpha value is -2.03. The largest absolute Gasteiger partial charge is 0.480 e. The molecule has 15 heteroatoms. The highest BCUT2D eigenvalue weighted by molar-refractivity contribution is 7.89. The molecule has 2 saturated heterocycles. The van der Waals surface area contributed by atoms with Crippen molar-refractivity contribution in [2.75, 3.05) is 32.7 Å². The molecule has 0 radical (unpaired) electrons. The van der Waals surface area contributed by atoms with Gasteiger partial charge in [0.05, 0.1) is 11.4 Å². The number of hydrogen-bond acceptors (Lipinski definition) is 7. The average Bonchev–Trinajstić information content (AvgIpc) is 2.95. The second kappa shape index (κ2) is 18.6. The van der Waals surface area contributed by atoms with Gasteiger partial charge in [0.15, 0.2) is 0 Å². The SMILES string of the molecule is CC(C(=O)O)N(NS(=O)(=O)c1ccc(F)cc1)C(=O)CNC(=O)C(CCC1CCNCC1)CCC1CCNCC1.Cl.Cl. The Bertz CT molecular complexity index is 1080. The second-order valence-corrected chi connectivity index (χ2v) is 12.4. The third-order valence-corrected chi connectivity index (χ3v) is 9.23. The highest BCUT2D eigenvalue weighted by Crippen LogP contribution is 2.27. The molecular weight excluding hydrogens is 612 g/mol. The van der Waals surface area contributed by atoms with E-state index in [1.807, 2.05) is 4.83 Å². The van der Waals surface area contributed by atoms with Crippen LogP contribution in [0.3, 0.4) is 0 Å². The number of carboxylic acid groups (broad SMARTS) is 1. The Kier molecular flexibility index (Phi) is 16.8. The van der Waals surface area contributed by atoms with Crippen molar-refractivity contribution in [3.05, 3.63) is 30.1 Å².